The summed E-state index contributed by atoms with van der Waals surface area (Å²) in [5, 5.41) is 3.57. The molecule has 1 aromatic rings. The number of hydrogen-bond acceptors (Lipinski definition) is 4. The summed E-state index contributed by atoms with van der Waals surface area (Å²) in [6.07, 6.45) is 0.958. The predicted octanol–water partition coefficient (Wildman–Crippen LogP) is 1.50. The van der Waals surface area contributed by atoms with E-state index in [1.807, 2.05) is 0 Å². The molecule has 1 aromatic heterocycles. The smallest absolute Gasteiger partial charge is 0.328 e. The lowest BCUT2D eigenvalue weighted by Gasteiger charge is -2.08. The zero-order valence-electron chi connectivity index (χ0n) is 8.74. The van der Waals surface area contributed by atoms with Crippen molar-refractivity contribution in [1.82, 2.24) is 9.78 Å². The van der Waals surface area contributed by atoms with E-state index in [2.05, 4.69) is 5.10 Å². The van der Waals surface area contributed by atoms with Crippen molar-refractivity contribution in [1.29, 1.82) is 0 Å². The number of carbonyl (C=O) groups excluding carboxylic acids is 1. The van der Waals surface area contributed by atoms with Crippen LogP contribution in [0.5, 0.6) is 0 Å². The van der Waals surface area contributed by atoms with Gasteiger partial charge in [-0.3, -0.25) is 9.59 Å². The van der Waals surface area contributed by atoms with Crippen LogP contribution in [0.2, 0.25) is 10.0 Å². The minimum atomic E-state index is -0.616. The van der Waals surface area contributed by atoms with Crippen LogP contribution in [0.1, 0.15) is 13.8 Å². The molecule has 1 rings (SSSR count). The van der Waals surface area contributed by atoms with Gasteiger partial charge in [-0.25, -0.2) is 4.68 Å². The molecule has 16 heavy (non-hydrogen) atoms. The molecule has 0 atom stereocenters. The fourth-order valence-electron chi connectivity index (χ4n) is 0.980. The number of hydrogen-bond donors (Lipinski definition) is 0. The average molecular weight is 265 g/mol. The van der Waals surface area contributed by atoms with E-state index in [1.165, 1.54) is 6.20 Å². The molecule has 88 valence electrons. The first kappa shape index (κ1) is 13.0. The molecule has 1 heterocycles. The maximum atomic E-state index is 11.5. The molecule has 0 aromatic carbocycles. The van der Waals surface area contributed by atoms with Gasteiger partial charge in [-0.05, 0) is 13.8 Å². The van der Waals surface area contributed by atoms with Crippen LogP contribution in [0.3, 0.4) is 0 Å². The molecule has 0 amide bonds. The van der Waals surface area contributed by atoms with Gasteiger partial charge in [0.2, 0.25) is 0 Å². The molecule has 7 heteroatoms. The van der Waals surface area contributed by atoms with Crippen LogP contribution in [0.15, 0.2) is 11.0 Å². The number of esters is 1. The Hall–Kier alpha value is -1.07. The van der Waals surface area contributed by atoms with E-state index in [0.29, 0.717) is 0 Å². The molecule has 0 aliphatic heterocycles. The van der Waals surface area contributed by atoms with Crippen LogP contribution in [-0.2, 0) is 16.1 Å². The number of carbonyl (C=O) groups is 1. The van der Waals surface area contributed by atoms with Crippen molar-refractivity contribution in [2.24, 2.45) is 0 Å². The summed E-state index contributed by atoms with van der Waals surface area (Å²) in [5.74, 6) is -0.553. The van der Waals surface area contributed by atoms with E-state index >= 15 is 0 Å². The van der Waals surface area contributed by atoms with E-state index in [1.54, 1.807) is 13.8 Å². The molecule has 0 fully saturated rings. The van der Waals surface area contributed by atoms with E-state index in [0.717, 1.165) is 4.68 Å². The van der Waals surface area contributed by atoms with Crippen LogP contribution in [-0.4, -0.2) is 21.9 Å². The first-order valence-electron chi connectivity index (χ1n) is 4.52. The zero-order valence-corrected chi connectivity index (χ0v) is 10.2. The average Bonchev–Trinajstić information content (AvgIpc) is 2.18. The Labute approximate surface area is 102 Å². The highest BCUT2D eigenvalue weighted by Gasteiger charge is 2.12. The Morgan fingerprint density at radius 1 is 1.56 bits per heavy atom. The number of nitrogens with zero attached hydrogens (tertiary/aromatic N) is 2. The Morgan fingerprint density at radius 3 is 2.75 bits per heavy atom. The van der Waals surface area contributed by atoms with Gasteiger partial charge in [-0.2, -0.15) is 5.10 Å². The Balaban J connectivity index is 2.87. The molecule has 0 N–H and O–H groups in total. The van der Waals surface area contributed by atoms with E-state index in [4.69, 9.17) is 27.9 Å². The molecule has 0 bridgehead atoms. The molecule has 0 radical (unpaired) electrons. The molecular weight excluding hydrogens is 255 g/mol. The summed E-state index contributed by atoms with van der Waals surface area (Å²) < 4.78 is 5.77. The fraction of sp³-hybridized carbons (Fsp3) is 0.444. The fourth-order valence-corrected chi connectivity index (χ4v) is 1.25. The van der Waals surface area contributed by atoms with Crippen molar-refractivity contribution < 1.29 is 9.53 Å². The van der Waals surface area contributed by atoms with Crippen molar-refractivity contribution in [2.45, 2.75) is 26.5 Å². The summed E-state index contributed by atoms with van der Waals surface area (Å²) in [5.41, 5.74) is -0.616. The Morgan fingerprint density at radius 2 is 2.19 bits per heavy atom. The normalized spacial score (nSPS) is 10.6. The first-order chi connectivity index (χ1) is 7.41. The van der Waals surface area contributed by atoms with Crippen LogP contribution in [0, 0.1) is 0 Å². The van der Waals surface area contributed by atoms with Crippen molar-refractivity contribution in [3.63, 3.8) is 0 Å². The second-order valence-corrected chi connectivity index (χ2v) is 4.09. The zero-order chi connectivity index (χ0) is 12.3. The molecule has 0 spiro atoms. The third-order valence-electron chi connectivity index (χ3n) is 1.59. The van der Waals surface area contributed by atoms with Crippen LogP contribution in [0.4, 0.5) is 0 Å². The van der Waals surface area contributed by atoms with Crippen LogP contribution in [0.25, 0.3) is 0 Å². The van der Waals surface area contributed by atoms with E-state index in [-0.39, 0.29) is 22.7 Å². The van der Waals surface area contributed by atoms with Crippen molar-refractivity contribution in [3.05, 3.63) is 26.6 Å². The molecule has 5 nitrogen and oxygen atoms in total. The molecule has 0 aliphatic carbocycles. The molecule has 0 unspecified atom stereocenters. The van der Waals surface area contributed by atoms with Gasteiger partial charge in [0.05, 0.1) is 17.3 Å². The number of aromatic nitrogens is 2. The molecule has 0 aliphatic rings. The van der Waals surface area contributed by atoms with Gasteiger partial charge < -0.3 is 4.74 Å². The highest BCUT2D eigenvalue weighted by atomic mass is 35.5. The highest BCUT2D eigenvalue weighted by Crippen LogP contribution is 2.14. The minimum Gasteiger partial charge on any atom is -0.462 e. The first-order valence-corrected chi connectivity index (χ1v) is 5.28. The maximum Gasteiger partial charge on any atom is 0.328 e. The Bertz CT molecular complexity index is 457. The van der Waals surface area contributed by atoms with Gasteiger partial charge >= 0.3 is 5.97 Å². The maximum absolute atomic E-state index is 11.5. The number of rotatable bonds is 3. The summed E-state index contributed by atoms with van der Waals surface area (Å²) in [4.78, 5) is 22.8. The van der Waals surface area contributed by atoms with Gasteiger partial charge in [-0.1, -0.05) is 23.2 Å². The highest BCUT2D eigenvalue weighted by molar-refractivity contribution is 6.41. The lowest BCUT2D eigenvalue weighted by atomic mass is 10.5. The van der Waals surface area contributed by atoms with Gasteiger partial charge in [-0.15, -0.1) is 0 Å². The topological polar surface area (TPSA) is 61.2 Å². The van der Waals surface area contributed by atoms with E-state index in [9.17, 15) is 9.59 Å². The molecule has 0 saturated heterocycles. The van der Waals surface area contributed by atoms with E-state index < -0.39 is 11.5 Å². The third kappa shape index (κ3) is 3.21. The number of halogens is 2. The lowest BCUT2D eigenvalue weighted by molar-refractivity contribution is -0.148. The SMILES string of the molecule is CC(C)OC(=O)Cn1ncc(Cl)c(Cl)c1=O. The van der Waals surface area contributed by atoms with Gasteiger partial charge in [0.25, 0.3) is 5.56 Å². The summed E-state index contributed by atoms with van der Waals surface area (Å²) in [7, 11) is 0. The van der Waals surface area contributed by atoms with Crippen molar-refractivity contribution in [3.8, 4) is 0 Å². The van der Waals surface area contributed by atoms with Gasteiger partial charge in [0.1, 0.15) is 11.6 Å². The number of ether oxygens (including phenoxy) is 1. The lowest BCUT2D eigenvalue weighted by Crippen LogP contribution is -2.28. The van der Waals surface area contributed by atoms with Crippen molar-refractivity contribution in [2.75, 3.05) is 0 Å². The standard InChI is InChI=1S/C9H10Cl2N2O3/c1-5(2)16-7(14)4-13-9(15)8(11)6(10)3-12-13/h3,5H,4H2,1-2H3. The summed E-state index contributed by atoms with van der Waals surface area (Å²) >= 11 is 11.2. The van der Waals surface area contributed by atoms with Gasteiger partial charge in [0, 0.05) is 0 Å². The predicted molar refractivity (Wildman–Crippen MR) is 59.7 cm³/mol. The third-order valence-corrected chi connectivity index (χ3v) is 2.34. The molecule has 0 saturated carbocycles. The second-order valence-electron chi connectivity index (χ2n) is 3.31. The van der Waals surface area contributed by atoms with Crippen LogP contribution >= 0.6 is 23.2 Å². The van der Waals surface area contributed by atoms with Crippen LogP contribution < -0.4 is 5.56 Å². The summed E-state index contributed by atoms with van der Waals surface area (Å²) in [6, 6.07) is 0. The minimum absolute atomic E-state index is 0.0557. The van der Waals surface area contributed by atoms with Crippen molar-refractivity contribution >= 4 is 29.2 Å². The Kier molecular flexibility index (Phi) is 4.32. The second kappa shape index (κ2) is 5.32. The quantitative estimate of drug-likeness (QED) is 0.777. The monoisotopic (exact) mass is 264 g/mol. The summed E-state index contributed by atoms with van der Waals surface area (Å²) in [6.45, 7) is 3.14. The largest absolute Gasteiger partial charge is 0.462 e. The molecular formula is C9H10Cl2N2O3. The van der Waals surface area contributed by atoms with Gasteiger partial charge in [0.15, 0.2) is 0 Å².